The van der Waals surface area contributed by atoms with Crippen LogP contribution in [0.25, 0.3) is 0 Å². The van der Waals surface area contributed by atoms with Gasteiger partial charge in [-0.1, -0.05) is 0 Å². The minimum absolute atomic E-state index is 1.21. The van der Waals surface area contributed by atoms with Gasteiger partial charge in [0.1, 0.15) is 0 Å². The summed E-state index contributed by atoms with van der Waals surface area (Å²) >= 11 is 8.06. The molecule has 4 aliphatic heterocycles. The fourth-order valence-electron chi connectivity index (χ4n) is 5.25. The summed E-state index contributed by atoms with van der Waals surface area (Å²) in [6.07, 6.45) is 10.7. The Kier molecular flexibility index (Phi) is 4.47. The van der Waals surface area contributed by atoms with E-state index in [0.29, 0.717) is 0 Å². The molecule has 0 aromatic carbocycles. The molecule has 6 heteroatoms. The zero-order valence-corrected chi connectivity index (χ0v) is 15.6. The van der Waals surface area contributed by atoms with Crippen LogP contribution in [0.1, 0.15) is 51.4 Å². The number of halogens is 1. The SMILES string of the molecule is ClP(N1CCCC1)(N1CCCC1)(N1CCCC1)N1CCCC1. The van der Waals surface area contributed by atoms with Crippen molar-refractivity contribution in [2.45, 2.75) is 51.4 Å². The van der Waals surface area contributed by atoms with Crippen LogP contribution in [0.3, 0.4) is 0 Å². The normalized spacial score (nSPS) is 32.0. The van der Waals surface area contributed by atoms with E-state index in [1.807, 2.05) is 0 Å². The predicted octanol–water partition coefficient (Wildman–Crippen LogP) is 3.74. The molecule has 4 saturated heterocycles. The van der Waals surface area contributed by atoms with E-state index in [4.69, 9.17) is 11.2 Å². The van der Waals surface area contributed by atoms with Crippen molar-refractivity contribution >= 4 is 17.8 Å². The van der Waals surface area contributed by atoms with Crippen LogP contribution in [-0.2, 0) is 0 Å². The second-order valence-corrected chi connectivity index (χ2v) is 13.2. The van der Waals surface area contributed by atoms with Gasteiger partial charge in [0.2, 0.25) is 0 Å². The van der Waals surface area contributed by atoms with E-state index >= 15 is 0 Å². The zero-order chi connectivity index (χ0) is 15.1. The Morgan fingerprint density at radius 1 is 0.409 bits per heavy atom. The van der Waals surface area contributed by atoms with Gasteiger partial charge in [-0.3, -0.25) is 0 Å². The van der Waals surface area contributed by atoms with Gasteiger partial charge >= 0.3 is 140 Å². The number of nitrogens with zero attached hydrogens (tertiary/aromatic N) is 4. The van der Waals surface area contributed by atoms with Gasteiger partial charge in [0, 0.05) is 0 Å². The molecule has 0 bridgehead atoms. The molecule has 4 aliphatic rings. The fourth-order valence-corrected chi connectivity index (χ4v) is 13.1. The van der Waals surface area contributed by atoms with Crippen molar-refractivity contribution in [3.8, 4) is 0 Å². The first-order valence-corrected chi connectivity index (χ1v) is 12.5. The van der Waals surface area contributed by atoms with E-state index in [1.165, 1.54) is 104 Å². The molecule has 0 N–H and O–H groups in total. The Hall–Kier alpha value is 0.560. The molecule has 0 atom stereocenters. The summed E-state index contributed by atoms with van der Waals surface area (Å²) in [6.45, 7) is 6.94. The Labute approximate surface area is 140 Å². The summed E-state index contributed by atoms with van der Waals surface area (Å²) in [7, 11) is 0. The van der Waals surface area contributed by atoms with Crippen molar-refractivity contribution in [3.05, 3.63) is 0 Å². The molecular formula is C16H32ClN4P. The Morgan fingerprint density at radius 2 is 0.591 bits per heavy atom. The molecule has 128 valence electrons. The summed E-state index contributed by atoms with van der Waals surface area (Å²) in [4.78, 5) is 0. The van der Waals surface area contributed by atoms with Crippen molar-refractivity contribution < 1.29 is 0 Å². The zero-order valence-electron chi connectivity index (χ0n) is 13.9. The third-order valence-electron chi connectivity index (χ3n) is 6.28. The maximum atomic E-state index is 8.06. The standard InChI is InChI=1S/C16H32ClN4P/c17-22(18-9-1-2-10-18,19-11-3-4-12-19,20-13-5-6-14-20)21-15-7-8-16-21/h1-16H2. The molecule has 0 radical (unpaired) electrons. The average Bonchev–Trinajstić information content (AvgIpc) is 3.39. The van der Waals surface area contributed by atoms with E-state index in [-0.39, 0.29) is 0 Å². The minimum atomic E-state index is -2.77. The summed E-state index contributed by atoms with van der Waals surface area (Å²) < 4.78 is 11.1. The van der Waals surface area contributed by atoms with E-state index < -0.39 is 6.56 Å². The van der Waals surface area contributed by atoms with Crippen LogP contribution in [0.5, 0.6) is 0 Å². The van der Waals surface area contributed by atoms with Crippen LogP contribution < -0.4 is 0 Å². The molecule has 0 saturated carbocycles. The fraction of sp³-hybridized carbons (Fsp3) is 1.00. The molecule has 0 aliphatic carbocycles. The van der Waals surface area contributed by atoms with Crippen molar-refractivity contribution in [1.29, 1.82) is 0 Å². The van der Waals surface area contributed by atoms with Crippen LogP contribution in [0, 0.1) is 0 Å². The second kappa shape index (κ2) is 6.13. The average molecular weight is 347 g/mol. The van der Waals surface area contributed by atoms with Crippen LogP contribution >= 0.6 is 17.8 Å². The van der Waals surface area contributed by atoms with Crippen molar-refractivity contribution in [2.24, 2.45) is 0 Å². The van der Waals surface area contributed by atoms with Crippen LogP contribution in [0.2, 0.25) is 0 Å². The van der Waals surface area contributed by atoms with Gasteiger partial charge in [0.05, 0.1) is 0 Å². The molecule has 0 aromatic heterocycles. The van der Waals surface area contributed by atoms with Gasteiger partial charge < -0.3 is 0 Å². The third kappa shape index (κ3) is 2.14. The molecule has 4 nitrogen and oxygen atoms in total. The van der Waals surface area contributed by atoms with Gasteiger partial charge in [0.25, 0.3) is 0 Å². The van der Waals surface area contributed by atoms with Gasteiger partial charge in [-0.25, -0.2) is 0 Å². The molecule has 4 heterocycles. The van der Waals surface area contributed by atoms with Gasteiger partial charge in [-0.2, -0.15) is 0 Å². The third-order valence-corrected chi connectivity index (χ3v) is 14.3. The van der Waals surface area contributed by atoms with E-state index in [2.05, 4.69) is 18.7 Å². The van der Waals surface area contributed by atoms with E-state index in [1.54, 1.807) is 0 Å². The van der Waals surface area contributed by atoms with Gasteiger partial charge in [-0.15, -0.1) is 0 Å². The predicted molar refractivity (Wildman–Crippen MR) is 96.0 cm³/mol. The van der Waals surface area contributed by atoms with Crippen molar-refractivity contribution in [2.75, 3.05) is 52.4 Å². The molecule has 0 aromatic rings. The van der Waals surface area contributed by atoms with Gasteiger partial charge in [-0.05, 0) is 0 Å². The van der Waals surface area contributed by atoms with Crippen LogP contribution in [0.4, 0.5) is 0 Å². The van der Waals surface area contributed by atoms with E-state index in [0.717, 1.165) is 0 Å². The quantitative estimate of drug-likeness (QED) is 0.719. The maximum absolute atomic E-state index is 8.06. The van der Waals surface area contributed by atoms with E-state index in [9.17, 15) is 0 Å². The number of hydrogen-bond acceptors (Lipinski definition) is 4. The molecule has 4 rings (SSSR count). The van der Waals surface area contributed by atoms with Gasteiger partial charge in [0.15, 0.2) is 0 Å². The first-order chi connectivity index (χ1) is 10.7. The topological polar surface area (TPSA) is 13.0 Å². The molecular weight excluding hydrogens is 315 g/mol. The summed E-state index contributed by atoms with van der Waals surface area (Å²) in [5.41, 5.74) is 0. The van der Waals surface area contributed by atoms with Crippen molar-refractivity contribution in [1.82, 2.24) is 18.7 Å². The van der Waals surface area contributed by atoms with Crippen molar-refractivity contribution in [3.63, 3.8) is 0 Å². The molecule has 0 spiro atoms. The Balaban J connectivity index is 1.81. The summed E-state index contributed by atoms with van der Waals surface area (Å²) in [5.74, 6) is 0. The summed E-state index contributed by atoms with van der Waals surface area (Å²) in [6, 6.07) is 0. The second-order valence-electron chi connectivity index (χ2n) is 7.48. The first-order valence-electron chi connectivity index (χ1n) is 9.50. The molecule has 0 unspecified atom stereocenters. The molecule has 4 fully saturated rings. The monoisotopic (exact) mass is 346 g/mol. The Bertz CT molecular complexity index is 321. The first kappa shape index (κ1) is 16.1. The van der Waals surface area contributed by atoms with Crippen LogP contribution in [0.15, 0.2) is 0 Å². The number of hydrogen-bond donors (Lipinski definition) is 0. The molecule has 22 heavy (non-hydrogen) atoms. The molecule has 0 amide bonds. The Morgan fingerprint density at radius 3 is 0.773 bits per heavy atom. The number of rotatable bonds is 4. The summed E-state index contributed by atoms with van der Waals surface area (Å²) in [5, 5.41) is 0. The van der Waals surface area contributed by atoms with Crippen LogP contribution in [-0.4, -0.2) is 71.0 Å².